The highest BCUT2D eigenvalue weighted by atomic mass is 19.1. The Morgan fingerprint density at radius 1 is 1.37 bits per heavy atom. The Bertz CT molecular complexity index is 574. The maximum Gasteiger partial charge on any atom is 0.190 e. The van der Waals surface area contributed by atoms with Crippen molar-refractivity contribution in [2.75, 3.05) is 20.1 Å². The molecule has 0 aliphatic carbocycles. The summed E-state index contributed by atoms with van der Waals surface area (Å²) in [6.45, 7) is 3.65. The molecule has 0 amide bonds. The second-order valence-electron chi connectivity index (χ2n) is 4.28. The molecule has 0 aliphatic heterocycles. The van der Waals surface area contributed by atoms with Gasteiger partial charge in [-0.05, 0) is 37.1 Å². The molecule has 0 radical (unpaired) electrons. The van der Waals surface area contributed by atoms with Crippen molar-refractivity contribution in [3.63, 3.8) is 0 Å². The Kier molecular flexibility index (Phi) is 4.39. The Labute approximate surface area is 112 Å². The van der Waals surface area contributed by atoms with E-state index in [0.717, 1.165) is 36.4 Å². The average Bonchev–Trinajstić information content (AvgIpc) is 2.80. The van der Waals surface area contributed by atoms with Crippen LogP contribution in [-0.2, 0) is 6.42 Å². The number of aliphatic imine (C=N–C) groups is 1. The Morgan fingerprint density at radius 2 is 2.21 bits per heavy atom. The Balaban J connectivity index is 1.98. The molecule has 5 heteroatoms. The number of hydrogen-bond acceptors (Lipinski definition) is 1. The van der Waals surface area contributed by atoms with Crippen LogP contribution in [-0.4, -0.2) is 31.1 Å². The first-order valence-corrected chi connectivity index (χ1v) is 6.44. The van der Waals surface area contributed by atoms with E-state index in [1.807, 2.05) is 19.2 Å². The van der Waals surface area contributed by atoms with E-state index >= 15 is 0 Å². The number of aromatic nitrogens is 1. The summed E-state index contributed by atoms with van der Waals surface area (Å²) in [6.07, 6.45) is 2.79. The maximum absolute atomic E-state index is 13.1. The zero-order chi connectivity index (χ0) is 13.7. The molecule has 0 atom stereocenters. The lowest BCUT2D eigenvalue weighted by Crippen LogP contribution is -2.38. The number of halogens is 1. The van der Waals surface area contributed by atoms with Gasteiger partial charge in [-0.15, -0.1) is 0 Å². The molecular formula is C14H19FN4. The van der Waals surface area contributed by atoms with Crippen LogP contribution in [0.4, 0.5) is 4.39 Å². The van der Waals surface area contributed by atoms with Crippen molar-refractivity contribution in [3.8, 4) is 0 Å². The van der Waals surface area contributed by atoms with E-state index in [2.05, 4.69) is 20.6 Å². The summed E-state index contributed by atoms with van der Waals surface area (Å²) in [7, 11) is 1.75. The number of nitrogens with zero attached hydrogens (tertiary/aromatic N) is 1. The third-order valence-electron chi connectivity index (χ3n) is 2.98. The van der Waals surface area contributed by atoms with Crippen LogP contribution in [0.15, 0.2) is 29.4 Å². The fourth-order valence-electron chi connectivity index (χ4n) is 2.07. The second-order valence-corrected chi connectivity index (χ2v) is 4.28. The zero-order valence-corrected chi connectivity index (χ0v) is 11.3. The largest absolute Gasteiger partial charge is 0.361 e. The van der Waals surface area contributed by atoms with Gasteiger partial charge in [-0.2, -0.15) is 0 Å². The molecule has 0 saturated carbocycles. The average molecular weight is 262 g/mol. The number of nitrogens with one attached hydrogen (secondary N) is 3. The standard InChI is InChI=1S/C14H19FN4/c1-3-17-14(16-2)18-7-6-10-9-19-13-8-11(15)4-5-12(10)13/h4-5,8-9,19H,3,6-7H2,1-2H3,(H2,16,17,18). The van der Waals surface area contributed by atoms with Crippen molar-refractivity contribution in [1.29, 1.82) is 0 Å². The van der Waals surface area contributed by atoms with Crippen molar-refractivity contribution in [2.24, 2.45) is 4.99 Å². The number of fused-ring (bicyclic) bond motifs is 1. The Morgan fingerprint density at radius 3 is 2.95 bits per heavy atom. The summed E-state index contributed by atoms with van der Waals surface area (Å²) < 4.78 is 13.1. The van der Waals surface area contributed by atoms with Gasteiger partial charge in [0.25, 0.3) is 0 Å². The number of benzene rings is 1. The first kappa shape index (κ1) is 13.4. The van der Waals surface area contributed by atoms with E-state index in [1.54, 1.807) is 7.05 Å². The maximum atomic E-state index is 13.1. The predicted molar refractivity (Wildman–Crippen MR) is 77.0 cm³/mol. The van der Waals surface area contributed by atoms with E-state index in [1.165, 1.54) is 17.7 Å². The van der Waals surface area contributed by atoms with Crippen molar-refractivity contribution < 1.29 is 4.39 Å². The molecule has 1 aromatic carbocycles. The fourth-order valence-corrected chi connectivity index (χ4v) is 2.07. The van der Waals surface area contributed by atoms with E-state index in [0.29, 0.717) is 0 Å². The molecule has 2 rings (SSSR count). The normalized spacial score (nSPS) is 11.8. The molecule has 19 heavy (non-hydrogen) atoms. The van der Waals surface area contributed by atoms with Gasteiger partial charge in [-0.3, -0.25) is 4.99 Å². The molecule has 0 unspecified atom stereocenters. The molecular weight excluding hydrogens is 243 g/mol. The van der Waals surface area contributed by atoms with Crippen LogP contribution in [0, 0.1) is 5.82 Å². The molecule has 102 valence electrons. The lowest BCUT2D eigenvalue weighted by Gasteiger charge is -2.09. The van der Waals surface area contributed by atoms with Gasteiger partial charge in [0.05, 0.1) is 0 Å². The second kappa shape index (κ2) is 6.22. The van der Waals surface area contributed by atoms with Gasteiger partial charge in [0.1, 0.15) is 5.82 Å². The van der Waals surface area contributed by atoms with Gasteiger partial charge < -0.3 is 15.6 Å². The smallest absolute Gasteiger partial charge is 0.190 e. The van der Waals surface area contributed by atoms with E-state index < -0.39 is 0 Å². The minimum absolute atomic E-state index is 0.216. The summed E-state index contributed by atoms with van der Waals surface area (Å²) >= 11 is 0. The highest BCUT2D eigenvalue weighted by Crippen LogP contribution is 2.19. The molecule has 0 aliphatic rings. The third-order valence-corrected chi connectivity index (χ3v) is 2.98. The van der Waals surface area contributed by atoms with Gasteiger partial charge in [0.2, 0.25) is 0 Å². The van der Waals surface area contributed by atoms with Crippen LogP contribution in [0.25, 0.3) is 10.9 Å². The first-order valence-electron chi connectivity index (χ1n) is 6.44. The highest BCUT2D eigenvalue weighted by molar-refractivity contribution is 5.83. The summed E-state index contributed by atoms with van der Waals surface area (Å²) in [5.74, 6) is 0.583. The molecule has 0 spiro atoms. The Hall–Kier alpha value is -2.04. The number of rotatable bonds is 4. The van der Waals surface area contributed by atoms with Crippen LogP contribution in [0.1, 0.15) is 12.5 Å². The zero-order valence-electron chi connectivity index (χ0n) is 11.3. The van der Waals surface area contributed by atoms with Gasteiger partial charge in [-0.1, -0.05) is 0 Å². The van der Waals surface area contributed by atoms with Crippen LogP contribution in [0.5, 0.6) is 0 Å². The highest BCUT2D eigenvalue weighted by Gasteiger charge is 2.04. The van der Waals surface area contributed by atoms with E-state index in [-0.39, 0.29) is 5.82 Å². The third kappa shape index (κ3) is 3.24. The molecule has 3 N–H and O–H groups in total. The van der Waals surface area contributed by atoms with Gasteiger partial charge in [0.15, 0.2) is 5.96 Å². The number of guanidine groups is 1. The quantitative estimate of drug-likeness (QED) is 0.583. The number of aromatic amines is 1. The molecule has 0 saturated heterocycles. The molecule has 0 bridgehead atoms. The van der Waals surface area contributed by atoms with Gasteiger partial charge in [0, 0.05) is 37.2 Å². The van der Waals surface area contributed by atoms with Crippen molar-refractivity contribution in [1.82, 2.24) is 15.6 Å². The van der Waals surface area contributed by atoms with Crippen LogP contribution in [0.2, 0.25) is 0 Å². The minimum Gasteiger partial charge on any atom is -0.361 e. The van der Waals surface area contributed by atoms with Crippen LogP contribution < -0.4 is 10.6 Å². The summed E-state index contributed by atoms with van der Waals surface area (Å²) in [5, 5.41) is 7.45. The van der Waals surface area contributed by atoms with Crippen molar-refractivity contribution in [3.05, 3.63) is 35.8 Å². The monoisotopic (exact) mass is 262 g/mol. The lowest BCUT2D eigenvalue weighted by molar-refractivity contribution is 0.629. The first-order chi connectivity index (χ1) is 9.24. The van der Waals surface area contributed by atoms with Gasteiger partial charge >= 0.3 is 0 Å². The van der Waals surface area contributed by atoms with E-state index in [9.17, 15) is 4.39 Å². The lowest BCUT2D eigenvalue weighted by atomic mass is 10.1. The predicted octanol–water partition coefficient (Wildman–Crippen LogP) is 2.03. The molecule has 4 nitrogen and oxygen atoms in total. The molecule has 1 aromatic heterocycles. The molecule has 2 aromatic rings. The number of H-pyrrole nitrogens is 1. The van der Waals surface area contributed by atoms with Crippen molar-refractivity contribution >= 4 is 16.9 Å². The summed E-state index contributed by atoms with van der Waals surface area (Å²) in [5.41, 5.74) is 2.01. The minimum atomic E-state index is -0.216. The summed E-state index contributed by atoms with van der Waals surface area (Å²) in [4.78, 5) is 7.20. The topological polar surface area (TPSA) is 52.2 Å². The SMILES string of the molecule is CCNC(=NC)NCCc1c[nH]c2cc(F)ccc12. The van der Waals surface area contributed by atoms with E-state index in [4.69, 9.17) is 0 Å². The van der Waals surface area contributed by atoms with Gasteiger partial charge in [-0.25, -0.2) is 4.39 Å². The summed E-state index contributed by atoms with van der Waals surface area (Å²) in [6, 6.07) is 4.82. The van der Waals surface area contributed by atoms with Crippen molar-refractivity contribution in [2.45, 2.75) is 13.3 Å². The van der Waals surface area contributed by atoms with Crippen LogP contribution in [0.3, 0.4) is 0 Å². The molecule has 0 fully saturated rings. The number of hydrogen-bond donors (Lipinski definition) is 3. The fraction of sp³-hybridized carbons (Fsp3) is 0.357. The van der Waals surface area contributed by atoms with Crippen LogP contribution >= 0.6 is 0 Å². The molecule has 1 heterocycles.